The minimum absolute atomic E-state index is 0.543. The van der Waals surface area contributed by atoms with E-state index < -0.39 is 0 Å². The molecule has 0 atom stereocenters. The highest BCUT2D eigenvalue weighted by molar-refractivity contribution is 7.71. The van der Waals surface area contributed by atoms with Crippen molar-refractivity contribution in [3.8, 4) is 0 Å². The van der Waals surface area contributed by atoms with Gasteiger partial charge in [0.25, 0.3) is 0 Å². The lowest BCUT2D eigenvalue weighted by Crippen LogP contribution is -2.20. The van der Waals surface area contributed by atoms with Gasteiger partial charge in [-0.15, -0.1) is 5.10 Å². The summed E-state index contributed by atoms with van der Waals surface area (Å²) in [4.78, 5) is 2.15. The van der Waals surface area contributed by atoms with Crippen LogP contribution >= 0.6 is 12.2 Å². The van der Waals surface area contributed by atoms with Crippen LogP contribution in [0.3, 0.4) is 0 Å². The molecule has 1 fully saturated rings. The van der Waals surface area contributed by atoms with Crippen LogP contribution in [0.4, 0.5) is 5.95 Å². The van der Waals surface area contributed by atoms with Gasteiger partial charge in [0.1, 0.15) is 0 Å². The molecule has 1 aromatic heterocycles. The molecule has 0 spiro atoms. The Morgan fingerprint density at radius 3 is 2.68 bits per heavy atom. The van der Waals surface area contributed by atoms with E-state index >= 15 is 0 Å². The predicted octanol–water partition coefficient (Wildman–Crippen LogP) is 3.22. The van der Waals surface area contributed by atoms with Gasteiger partial charge in [0.15, 0.2) is 4.77 Å². The number of H-pyrrole nitrogens is 1. The molecular weight excluding hydrogens is 256 g/mol. The van der Waals surface area contributed by atoms with Crippen LogP contribution in [-0.4, -0.2) is 21.8 Å². The highest BCUT2D eigenvalue weighted by Gasteiger charge is 2.28. The van der Waals surface area contributed by atoms with E-state index in [9.17, 15) is 0 Å². The third kappa shape index (κ3) is 2.56. The lowest BCUT2D eigenvalue weighted by atomic mass is 10.1. The number of benzene rings is 1. The molecule has 1 aromatic carbocycles. The fourth-order valence-electron chi connectivity index (χ4n) is 2.27. The summed E-state index contributed by atoms with van der Waals surface area (Å²) >= 11 is 5.31. The maximum absolute atomic E-state index is 5.31. The zero-order valence-electron chi connectivity index (χ0n) is 11.3. The minimum Gasteiger partial charge on any atom is -0.340 e. The normalized spacial score (nSPS) is 14.6. The van der Waals surface area contributed by atoms with Gasteiger partial charge >= 0.3 is 0 Å². The number of hydrogen-bond acceptors (Lipinski definition) is 3. The van der Waals surface area contributed by atoms with Crippen molar-refractivity contribution < 1.29 is 0 Å². The third-order valence-electron chi connectivity index (χ3n) is 3.48. The first-order valence-electron chi connectivity index (χ1n) is 6.59. The van der Waals surface area contributed by atoms with Gasteiger partial charge in [-0.1, -0.05) is 29.8 Å². The van der Waals surface area contributed by atoms with Crippen molar-refractivity contribution in [2.75, 3.05) is 11.9 Å². The maximum Gasteiger partial charge on any atom is 0.226 e. The molecule has 5 heteroatoms. The van der Waals surface area contributed by atoms with Crippen LogP contribution in [-0.2, 0) is 6.54 Å². The van der Waals surface area contributed by atoms with Crippen LogP contribution < -0.4 is 4.90 Å². The summed E-state index contributed by atoms with van der Waals surface area (Å²) in [6, 6.07) is 9.15. The summed E-state index contributed by atoms with van der Waals surface area (Å²) in [6.07, 6.45) is 2.42. The molecule has 1 N–H and O–H groups in total. The van der Waals surface area contributed by atoms with Crippen molar-refractivity contribution in [2.45, 2.75) is 32.4 Å². The first-order chi connectivity index (χ1) is 9.15. The van der Waals surface area contributed by atoms with E-state index in [1.165, 1.54) is 24.0 Å². The van der Waals surface area contributed by atoms with Gasteiger partial charge in [0.05, 0.1) is 0 Å². The molecule has 1 aliphatic rings. The molecule has 0 radical (unpaired) electrons. The van der Waals surface area contributed by atoms with E-state index in [-0.39, 0.29) is 0 Å². The molecule has 1 heterocycles. The third-order valence-corrected chi connectivity index (χ3v) is 3.77. The monoisotopic (exact) mass is 274 g/mol. The molecule has 1 saturated carbocycles. The molecule has 0 saturated heterocycles. The topological polar surface area (TPSA) is 36.9 Å². The second-order valence-electron chi connectivity index (χ2n) is 5.27. The van der Waals surface area contributed by atoms with Gasteiger partial charge in [0, 0.05) is 19.6 Å². The first-order valence-corrected chi connectivity index (χ1v) is 6.99. The molecule has 100 valence electrons. The van der Waals surface area contributed by atoms with Gasteiger partial charge in [-0.3, -0.25) is 4.57 Å². The van der Waals surface area contributed by atoms with Crippen LogP contribution in [0.15, 0.2) is 24.3 Å². The Balaban J connectivity index is 1.82. The number of aryl methyl sites for hydroxylation is 1. The van der Waals surface area contributed by atoms with Crippen molar-refractivity contribution in [3.63, 3.8) is 0 Å². The number of nitrogens with zero attached hydrogens (tertiary/aromatic N) is 3. The fraction of sp³-hybridized carbons (Fsp3) is 0.429. The SMILES string of the molecule is Cc1ccc(CN(C)c2n[nH]c(=S)n2C2CC2)cc1. The molecule has 1 aliphatic carbocycles. The van der Waals surface area contributed by atoms with Gasteiger partial charge in [-0.05, 0) is 37.5 Å². The molecule has 19 heavy (non-hydrogen) atoms. The Morgan fingerprint density at radius 1 is 1.37 bits per heavy atom. The first kappa shape index (κ1) is 12.4. The Hall–Kier alpha value is -1.62. The highest BCUT2D eigenvalue weighted by Crippen LogP contribution is 2.37. The van der Waals surface area contributed by atoms with Crippen molar-refractivity contribution in [3.05, 3.63) is 40.2 Å². The van der Waals surface area contributed by atoms with Crippen LogP contribution in [0.2, 0.25) is 0 Å². The largest absolute Gasteiger partial charge is 0.340 e. The summed E-state index contributed by atoms with van der Waals surface area (Å²) in [7, 11) is 2.06. The Morgan fingerprint density at radius 2 is 2.05 bits per heavy atom. The zero-order valence-corrected chi connectivity index (χ0v) is 12.1. The summed E-state index contributed by atoms with van der Waals surface area (Å²) in [6.45, 7) is 2.94. The molecule has 3 rings (SSSR count). The lowest BCUT2D eigenvalue weighted by Gasteiger charge is -2.19. The summed E-state index contributed by atoms with van der Waals surface area (Å²) in [5.41, 5.74) is 2.57. The van der Waals surface area contributed by atoms with E-state index in [4.69, 9.17) is 12.2 Å². The lowest BCUT2D eigenvalue weighted by molar-refractivity contribution is 0.700. The summed E-state index contributed by atoms with van der Waals surface area (Å²) in [5.74, 6) is 0.938. The van der Waals surface area contributed by atoms with Crippen molar-refractivity contribution in [1.29, 1.82) is 0 Å². The zero-order chi connectivity index (χ0) is 13.4. The average molecular weight is 274 g/mol. The van der Waals surface area contributed by atoms with Crippen LogP contribution in [0.5, 0.6) is 0 Å². The molecule has 4 nitrogen and oxygen atoms in total. The number of aromatic nitrogens is 3. The van der Waals surface area contributed by atoms with E-state index in [0.29, 0.717) is 6.04 Å². The van der Waals surface area contributed by atoms with E-state index in [2.05, 4.69) is 57.9 Å². The second kappa shape index (κ2) is 4.81. The Bertz CT molecular complexity index is 622. The number of aromatic amines is 1. The van der Waals surface area contributed by atoms with Gasteiger partial charge in [-0.2, -0.15) is 0 Å². The number of rotatable bonds is 4. The molecule has 0 aliphatic heterocycles. The van der Waals surface area contributed by atoms with Gasteiger partial charge in [-0.25, -0.2) is 5.10 Å². The number of nitrogens with one attached hydrogen (secondary N) is 1. The highest BCUT2D eigenvalue weighted by atomic mass is 32.1. The minimum atomic E-state index is 0.543. The standard InChI is InChI=1S/C14H18N4S/c1-10-3-5-11(6-4-10)9-17(2)13-15-16-14(19)18(13)12-7-8-12/h3-6,12H,7-9H2,1-2H3,(H,16,19). The second-order valence-corrected chi connectivity index (χ2v) is 5.66. The van der Waals surface area contributed by atoms with Gasteiger partial charge < -0.3 is 4.90 Å². The van der Waals surface area contributed by atoms with Crippen molar-refractivity contribution in [2.24, 2.45) is 0 Å². The molecular formula is C14H18N4S. The van der Waals surface area contributed by atoms with Crippen molar-refractivity contribution in [1.82, 2.24) is 14.8 Å². The summed E-state index contributed by atoms with van der Waals surface area (Å²) < 4.78 is 2.87. The van der Waals surface area contributed by atoms with Crippen molar-refractivity contribution >= 4 is 18.2 Å². The smallest absolute Gasteiger partial charge is 0.226 e. The Kier molecular flexibility index (Phi) is 3.14. The maximum atomic E-state index is 5.31. The summed E-state index contributed by atoms with van der Waals surface area (Å²) in [5, 5.41) is 7.27. The Labute approximate surface area is 118 Å². The van der Waals surface area contributed by atoms with Gasteiger partial charge in [0.2, 0.25) is 5.95 Å². The van der Waals surface area contributed by atoms with Crippen LogP contribution in [0.1, 0.15) is 30.0 Å². The predicted molar refractivity (Wildman–Crippen MR) is 79.0 cm³/mol. The quantitative estimate of drug-likeness (QED) is 0.870. The molecule has 2 aromatic rings. The average Bonchev–Trinajstić information content (AvgIpc) is 3.15. The van der Waals surface area contributed by atoms with Crippen LogP contribution in [0.25, 0.3) is 0 Å². The fourth-order valence-corrected chi connectivity index (χ4v) is 2.54. The van der Waals surface area contributed by atoms with E-state index in [0.717, 1.165) is 17.3 Å². The molecule has 0 amide bonds. The van der Waals surface area contributed by atoms with Crippen LogP contribution in [0, 0.1) is 11.7 Å². The number of hydrogen-bond donors (Lipinski definition) is 1. The number of anilines is 1. The molecule has 0 unspecified atom stereocenters. The van der Waals surface area contributed by atoms with E-state index in [1.807, 2.05) is 0 Å². The van der Waals surface area contributed by atoms with E-state index in [1.54, 1.807) is 0 Å². The molecule has 0 bridgehead atoms.